The molecule has 1 aliphatic heterocycles. The van der Waals surface area contributed by atoms with Crippen molar-refractivity contribution in [2.45, 2.75) is 49.2 Å². The van der Waals surface area contributed by atoms with Crippen LogP contribution in [0.2, 0.25) is 0 Å². The van der Waals surface area contributed by atoms with Crippen LogP contribution in [0.15, 0.2) is 23.4 Å². The number of aromatic amines is 1. The van der Waals surface area contributed by atoms with E-state index in [0.717, 1.165) is 50.9 Å². The van der Waals surface area contributed by atoms with E-state index in [0.29, 0.717) is 16.2 Å². The van der Waals surface area contributed by atoms with Gasteiger partial charge in [0.25, 0.3) is 0 Å². The quantitative estimate of drug-likeness (QED) is 0.810. The minimum Gasteiger partial charge on any atom is -0.342 e. The lowest BCUT2D eigenvalue weighted by molar-refractivity contribution is -0.137. The van der Waals surface area contributed by atoms with Gasteiger partial charge >= 0.3 is 6.18 Å². The van der Waals surface area contributed by atoms with Gasteiger partial charge in [-0.2, -0.15) is 13.2 Å². The molecule has 136 valence electrons. The number of carbonyl (C=O) groups is 1. The fourth-order valence-electron chi connectivity index (χ4n) is 2.98. The molecule has 1 N–H and O–H groups in total. The SMILES string of the molecule is C[C@@H](Sc1nc2ccc(C(F)(F)F)cc2[nH]1)C(=O)N1CCCCCC1. The number of hydrogen-bond acceptors (Lipinski definition) is 3. The summed E-state index contributed by atoms with van der Waals surface area (Å²) in [6.45, 7) is 3.36. The summed E-state index contributed by atoms with van der Waals surface area (Å²) in [6, 6.07) is 3.41. The third-order valence-electron chi connectivity index (χ3n) is 4.34. The maximum atomic E-state index is 12.8. The highest BCUT2D eigenvalue weighted by atomic mass is 32.2. The highest BCUT2D eigenvalue weighted by Crippen LogP contribution is 2.32. The average molecular weight is 371 g/mol. The Morgan fingerprint density at radius 3 is 2.56 bits per heavy atom. The van der Waals surface area contributed by atoms with Crippen LogP contribution in [0.3, 0.4) is 0 Å². The molecule has 0 spiro atoms. The van der Waals surface area contributed by atoms with E-state index in [-0.39, 0.29) is 11.2 Å². The lowest BCUT2D eigenvalue weighted by Gasteiger charge is -2.23. The average Bonchev–Trinajstić information content (AvgIpc) is 2.77. The molecule has 1 fully saturated rings. The first kappa shape index (κ1) is 18.1. The zero-order chi connectivity index (χ0) is 18.0. The van der Waals surface area contributed by atoms with Crippen molar-refractivity contribution in [3.63, 3.8) is 0 Å². The second-order valence-electron chi connectivity index (χ2n) is 6.27. The lowest BCUT2D eigenvalue weighted by Crippen LogP contribution is -2.37. The van der Waals surface area contributed by atoms with Crippen molar-refractivity contribution in [3.8, 4) is 0 Å². The Morgan fingerprint density at radius 1 is 1.24 bits per heavy atom. The summed E-state index contributed by atoms with van der Waals surface area (Å²) in [7, 11) is 0. The fraction of sp³-hybridized carbons (Fsp3) is 0.529. The number of fused-ring (bicyclic) bond motifs is 1. The molecule has 1 saturated heterocycles. The second-order valence-corrected chi connectivity index (χ2v) is 7.60. The van der Waals surface area contributed by atoms with Crippen LogP contribution in [-0.2, 0) is 11.0 Å². The highest BCUT2D eigenvalue weighted by molar-refractivity contribution is 8.00. The van der Waals surface area contributed by atoms with E-state index in [1.165, 1.54) is 17.8 Å². The fourth-order valence-corrected chi connectivity index (χ4v) is 3.89. The molecule has 0 bridgehead atoms. The number of alkyl halides is 3. The smallest absolute Gasteiger partial charge is 0.342 e. The first-order valence-electron chi connectivity index (χ1n) is 8.37. The maximum Gasteiger partial charge on any atom is 0.416 e. The van der Waals surface area contributed by atoms with Crippen LogP contribution in [-0.4, -0.2) is 39.1 Å². The van der Waals surface area contributed by atoms with E-state index in [1.54, 1.807) is 0 Å². The number of H-pyrrole nitrogens is 1. The minimum atomic E-state index is -4.39. The number of nitrogens with zero attached hydrogens (tertiary/aromatic N) is 2. The lowest BCUT2D eigenvalue weighted by atomic mass is 10.2. The number of nitrogens with one attached hydrogen (secondary N) is 1. The number of aromatic nitrogens is 2. The van der Waals surface area contributed by atoms with Gasteiger partial charge < -0.3 is 9.88 Å². The van der Waals surface area contributed by atoms with E-state index in [1.807, 2.05) is 11.8 Å². The molecule has 1 aromatic heterocycles. The third kappa shape index (κ3) is 4.29. The Kier molecular flexibility index (Phi) is 5.27. The highest BCUT2D eigenvalue weighted by Gasteiger charge is 2.31. The van der Waals surface area contributed by atoms with Crippen molar-refractivity contribution in [3.05, 3.63) is 23.8 Å². The molecule has 8 heteroatoms. The Hall–Kier alpha value is -1.70. The summed E-state index contributed by atoms with van der Waals surface area (Å²) in [4.78, 5) is 21.6. The van der Waals surface area contributed by atoms with E-state index >= 15 is 0 Å². The van der Waals surface area contributed by atoms with Gasteiger partial charge in [-0.3, -0.25) is 4.79 Å². The summed E-state index contributed by atoms with van der Waals surface area (Å²) in [5.74, 6) is 0.0586. The van der Waals surface area contributed by atoms with Crippen LogP contribution >= 0.6 is 11.8 Å². The molecular weight excluding hydrogens is 351 g/mol. The molecule has 4 nitrogen and oxygen atoms in total. The molecular formula is C17H20F3N3OS. The van der Waals surface area contributed by atoms with Crippen molar-refractivity contribution in [2.24, 2.45) is 0 Å². The van der Waals surface area contributed by atoms with Crippen LogP contribution in [0, 0.1) is 0 Å². The van der Waals surface area contributed by atoms with Crippen LogP contribution < -0.4 is 0 Å². The summed E-state index contributed by atoms with van der Waals surface area (Å²) >= 11 is 1.25. The Balaban J connectivity index is 1.72. The number of carbonyl (C=O) groups excluding carboxylic acids is 1. The van der Waals surface area contributed by atoms with E-state index < -0.39 is 11.7 Å². The van der Waals surface area contributed by atoms with Crippen molar-refractivity contribution < 1.29 is 18.0 Å². The van der Waals surface area contributed by atoms with Gasteiger partial charge in [-0.1, -0.05) is 24.6 Å². The molecule has 2 aromatic rings. The minimum absolute atomic E-state index is 0.0586. The number of halogens is 3. The zero-order valence-corrected chi connectivity index (χ0v) is 14.7. The van der Waals surface area contributed by atoms with Gasteiger partial charge in [0.2, 0.25) is 5.91 Å². The van der Waals surface area contributed by atoms with Crippen molar-refractivity contribution in [1.29, 1.82) is 0 Å². The first-order valence-corrected chi connectivity index (χ1v) is 9.25. The molecule has 25 heavy (non-hydrogen) atoms. The molecule has 3 rings (SSSR count). The molecule has 0 aliphatic carbocycles. The predicted molar refractivity (Wildman–Crippen MR) is 91.5 cm³/mol. The number of amides is 1. The summed E-state index contributed by atoms with van der Waals surface area (Å²) in [5, 5.41) is 0.130. The number of benzene rings is 1. The molecule has 1 aliphatic rings. The first-order chi connectivity index (χ1) is 11.8. The largest absolute Gasteiger partial charge is 0.416 e. The maximum absolute atomic E-state index is 12.8. The van der Waals surface area contributed by atoms with Crippen LogP contribution in [0.25, 0.3) is 11.0 Å². The van der Waals surface area contributed by atoms with Gasteiger partial charge in [0.15, 0.2) is 5.16 Å². The summed E-state index contributed by atoms with van der Waals surface area (Å²) in [6.07, 6.45) is -0.0442. The van der Waals surface area contributed by atoms with Crippen molar-refractivity contribution in [2.75, 3.05) is 13.1 Å². The van der Waals surface area contributed by atoms with Gasteiger partial charge in [0.1, 0.15) is 0 Å². The van der Waals surface area contributed by atoms with Crippen molar-refractivity contribution in [1.82, 2.24) is 14.9 Å². The number of likely N-dealkylation sites (tertiary alicyclic amines) is 1. The van der Waals surface area contributed by atoms with E-state index in [2.05, 4.69) is 9.97 Å². The van der Waals surface area contributed by atoms with Crippen LogP contribution in [0.1, 0.15) is 38.2 Å². The topological polar surface area (TPSA) is 49.0 Å². The van der Waals surface area contributed by atoms with Gasteiger partial charge in [-0.05, 0) is 38.0 Å². The summed E-state index contributed by atoms with van der Waals surface area (Å²) < 4.78 is 38.4. The van der Waals surface area contributed by atoms with Gasteiger partial charge in [0.05, 0.1) is 21.8 Å². The standard InChI is InChI=1S/C17H20F3N3OS/c1-11(15(24)23-8-4-2-3-5-9-23)25-16-21-13-7-6-12(17(18,19)20)10-14(13)22-16/h6-7,10-11H,2-5,8-9H2,1H3,(H,21,22)/t11-/m1/s1. The Morgan fingerprint density at radius 2 is 1.92 bits per heavy atom. The van der Waals surface area contributed by atoms with Gasteiger partial charge in [-0.15, -0.1) is 0 Å². The second kappa shape index (κ2) is 7.27. The van der Waals surface area contributed by atoms with Crippen molar-refractivity contribution >= 4 is 28.7 Å². The number of thioether (sulfide) groups is 1. The van der Waals surface area contributed by atoms with Crippen LogP contribution in [0.5, 0.6) is 0 Å². The third-order valence-corrected chi connectivity index (χ3v) is 5.31. The number of rotatable bonds is 3. The monoisotopic (exact) mass is 371 g/mol. The van der Waals surface area contributed by atoms with E-state index in [9.17, 15) is 18.0 Å². The molecule has 0 radical (unpaired) electrons. The number of imidazole rings is 1. The van der Waals surface area contributed by atoms with Crippen LogP contribution in [0.4, 0.5) is 13.2 Å². The predicted octanol–water partition coefficient (Wildman–Crippen LogP) is 4.46. The van der Waals surface area contributed by atoms with E-state index in [4.69, 9.17) is 0 Å². The normalized spacial score (nSPS) is 17.5. The molecule has 0 saturated carbocycles. The molecule has 1 amide bonds. The Labute approximate surface area is 148 Å². The molecule has 1 aromatic carbocycles. The van der Waals surface area contributed by atoms with Gasteiger partial charge in [-0.25, -0.2) is 4.98 Å². The molecule has 1 atom stereocenters. The Bertz CT molecular complexity index is 751. The molecule has 2 heterocycles. The van der Waals surface area contributed by atoms with Gasteiger partial charge in [0, 0.05) is 13.1 Å². The number of hydrogen-bond donors (Lipinski definition) is 1. The summed E-state index contributed by atoms with van der Waals surface area (Å²) in [5.41, 5.74) is 0.0746. The zero-order valence-electron chi connectivity index (χ0n) is 13.9. The molecule has 0 unspecified atom stereocenters.